The fourth-order valence-corrected chi connectivity index (χ4v) is 3.18. The van der Waals surface area contributed by atoms with E-state index in [2.05, 4.69) is 0 Å². The second kappa shape index (κ2) is 4.56. The summed E-state index contributed by atoms with van der Waals surface area (Å²) in [5.41, 5.74) is 2.26. The molecule has 1 aliphatic heterocycles. The summed E-state index contributed by atoms with van der Waals surface area (Å²) < 4.78 is 0. The normalized spacial score (nSPS) is 25.4. The van der Waals surface area contributed by atoms with Crippen LogP contribution in [0.4, 0.5) is 0 Å². The number of hydrazine groups is 1. The number of hydrogen-bond acceptors (Lipinski definition) is 4. The number of hydrogen-bond donors (Lipinski definition) is 0. The summed E-state index contributed by atoms with van der Waals surface area (Å²) in [7, 11) is 3.79. The molecule has 4 heteroatoms. The van der Waals surface area contributed by atoms with Crippen molar-refractivity contribution in [2.45, 2.75) is 19.4 Å². The molecule has 0 spiro atoms. The van der Waals surface area contributed by atoms with Crippen LogP contribution < -0.4 is 0 Å². The van der Waals surface area contributed by atoms with Gasteiger partial charge in [-0.05, 0) is 13.3 Å². The predicted molar refractivity (Wildman–Crippen MR) is 76.3 cm³/mol. The predicted octanol–water partition coefficient (Wildman–Crippen LogP) is 2.14. The van der Waals surface area contributed by atoms with Gasteiger partial charge in [0, 0.05) is 31.4 Å². The quantitative estimate of drug-likeness (QED) is 0.784. The van der Waals surface area contributed by atoms with Crippen molar-refractivity contribution >= 4 is 11.6 Å². The van der Waals surface area contributed by atoms with Crippen LogP contribution in [0.5, 0.6) is 0 Å². The summed E-state index contributed by atoms with van der Waals surface area (Å²) in [5, 5.41) is 3.76. The molecule has 4 nitrogen and oxygen atoms in total. The van der Waals surface area contributed by atoms with Crippen LogP contribution in [-0.2, 0) is 0 Å². The molecule has 0 bridgehead atoms. The molecule has 2 atom stereocenters. The van der Waals surface area contributed by atoms with E-state index >= 15 is 0 Å². The Kier molecular flexibility index (Phi) is 2.98. The van der Waals surface area contributed by atoms with E-state index in [4.69, 9.17) is 0 Å². The fourth-order valence-electron chi connectivity index (χ4n) is 3.18. The maximum absolute atomic E-state index is 12.8. The largest absolute Gasteiger partial charge is 0.302 e. The number of fused-ring (bicyclic) bond motifs is 2. The smallest absolute Gasteiger partial charge is 0.188 e. The van der Waals surface area contributed by atoms with E-state index in [1.54, 1.807) is 12.1 Å². The third-order valence-corrected chi connectivity index (χ3v) is 4.09. The van der Waals surface area contributed by atoms with Crippen molar-refractivity contribution in [2.75, 3.05) is 14.1 Å². The monoisotopic (exact) mass is 270 g/mol. The second-order valence-corrected chi connectivity index (χ2v) is 5.73. The van der Waals surface area contributed by atoms with Crippen LogP contribution in [0.15, 0.2) is 36.0 Å². The van der Waals surface area contributed by atoms with E-state index < -0.39 is 6.04 Å². The Morgan fingerprint density at radius 2 is 1.70 bits per heavy atom. The summed E-state index contributed by atoms with van der Waals surface area (Å²) in [6.45, 7) is 2.00. The van der Waals surface area contributed by atoms with Gasteiger partial charge in [0.2, 0.25) is 0 Å². The van der Waals surface area contributed by atoms with E-state index in [-0.39, 0.29) is 17.5 Å². The lowest BCUT2D eigenvalue weighted by atomic mass is 9.74. The van der Waals surface area contributed by atoms with Gasteiger partial charge in [-0.3, -0.25) is 9.59 Å². The van der Waals surface area contributed by atoms with E-state index in [9.17, 15) is 9.59 Å². The average molecular weight is 270 g/mol. The first kappa shape index (κ1) is 13.1. The van der Waals surface area contributed by atoms with Crippen LogP contribution >= 0.6 is 0 Å². The van der Waals surface area contributed by atoms with Crippen molar-refractivity contribution in [1.82, 2.24) is 10.0 Å². The molecule has 0 aromatic heterocycles. The number of rotatable bonds is 1. The Labute approximate surface area is 118 Å². The topological polar surface area (TPSA) is 40.6 Å². The number of benzene rings is 1. The summed E-state index contributed by atoms with van der Waals surface area (Å²) in [6, 6.07) is 6.74. The molecule has 0 radical (unpaired) electrons. The maximum atomic E-state index is 12.8. The van der Waals surface area contributed by atoms with Crippen LogP contribution in [-0.4, -0.2) is 41.7 Å². The lowest BCUT2D eigenvalue weighted by Gasteiger charge is -2.44. The van der Waals surface area contributed by atoms with Gasteiger partial charge in [-0.15, -0.1) is 0 Å². The van der Waals surface area contributed by atoms with Crippen molar-refractivity contribution in [1.29, 1.82) is 0 Å². The number of carbonyl (C=O) groups is 2. The molecule has 1 aliphatic carbocycles. The van der Waals surface area contributed by atoms with Crippen LogP contribution in [0, 0.1) is 5.92 Å². The Morgan fingerprint density at radius 1 is 1.10 bits per heavy atom. The molecule has 1 heterocycles. The lowest BCUT2D eigenvalue weighted by Crippen LogP contribution is -2.56. The minimum atomic E-state index is -0.406. The highest BCUT2D eigenvalue weighted by molar-refractivity contribution is 6.17. The highest BCUT2D eigenvalue weighted by Crippen LogP contribution is 2.36. The summed E-state index contributed by atoms with van der Waals surface area (Å²) >= 11 is 0. The molecule has 3 rings (SSSR count). The zero-order valence-corrected chi connectivity index (χ0v) is 12.0. The molecule has 0 saturated heterocycles. The first-order valence-corrected chi connectivity index (χ1v) is 6.81. The standard InChI is InChI=1S/C16H18N2O2/c1-10-8-13-14(18(9-10)17(2)3)16(20)12-7-5-4-6-11(12)15(13)19/h4-7,9,13-14H,8H2,1-3H3/t13-,14+/m0/s1. The van der Waals surface area contributed by atoms with Crippen LogP contribution in [0.3, 0.4) is 0 Å². The van der Waals surface area contributed by atoms with Gasteiger partial charge >= 0.3 is 0 Å². The molecule has 0 N–H and O–H groups in total. The van der Waals surface area contributed by atoms with Crippen LogP contribution in [0.25, 0.3) is 0 Å². The molecule has 1 aromatic rings. The number of Topliss-reactive ketones (excluding diaryl/α,β-unsaturated/α-hetero) is 2. The highest BCUT2D eigenvalue weighted by atomic mass is 16.1. The van der Waals surface area contributed by atoms with Gasteiger partial charge in [0.15, 0.2) is 11.6 Å². The SMILES string of the molecule is CC1=CN(N(C)C)[C@H]2C(=O)c3ccccc3C(=O)[C@H]2C1. The minimum Gasteiger partial charge on any atom is -0.302 e. The van der Waals surface area contributed by atoms with Gasteiger partial charge < -0.3 is 5.01 Å². The summed E-state index contributed by atoms with van der Waals surface area (Å²) in [6.07, 6.45) is 2.63. The molecular formula is C16H18N2O2. The van der Waals surface area contributed by atoms with E-state index in [1.807, 2.05) is 49.4 Å². The van der Waals surface area contributed by atoms with Crippen LogP contribution in [0.1, 0.15) is 34.1 Å². The van der Waals surface area contributed by atoms with Crippen molar-refractivity contribution < 1.29 is 9.59 Å². The Morgan fingerprint density at radius 3 is 2.30 bits per heavy atom. The Hall–Kier alpha value is -1.94. The van der Waals surface area contributed by atoms with E-state index in [1.165, 1.54) is 0 Å². The molecular weight excluding hydrogens is 252 g/mol. The molecule has 0 fully saturated rings. The van der Waals surface area contributed by atoms with Gasteiger partial charge in [-0.2, -0.15) is 0 Å². The van der Waals surface area contributed by atoms with Crippen molar-refractivity contribution in [3.05, 3.63) is 47.2 Å². The van der Waals surface area contributed by atoms with E-state index in [0.717, 1.165) is 5.57 Å². The van der Waals surface area contributed by atoms with Crippen molar-refractivity contribution in [2.24, 2.45) is 5.92 Å². The third kappa shape index (κ3) is 1.79. The molecule has 2 aliphatic rings. The Bertz CT molecular complexity index is 619. The fraction of sp³-hybridized carbons (Fsp3) is 0.375. The third-order valence-electron chi connectivity index (χ3n) is 4.09. The first-order chi connectivity index (χ1) is 9.50. The number of ketones is 2. The summed E-state index contributed by atoms with van der Waals surface area (Å²) in [4.78, 5) is 25.5. The van der Waals surface area contributed by atoms with Gasteiger partial charge in [-0.1, -0.05) is 29.8 Å². The molecule has 104 valence electrons. The average Bonchev–Trinajstić information content (AvgIpc) is 2.43. The molecule has 0 saturated carbocycles. The van der Waals surface area contributed by atoms with Gasteiger partial charge in [0.05, 0.1) is 5.92 Å². The Balaban J connectivity index is 2.14. The van der Waals surface area contributed by atoms with Crippen molar-refractivity contribution in [3.8, 4) is 0 Å². The summed E-state index contributed by atoms with van der Waals surface area (Å²) in [5.74, 6) is -0.142. The molecule has 0 amide bonds. The molecule has 0 unspecified atom stereocenters. The maximum Gasteiger partial charge on any atom is 0.188 e. The van der Waals surface area contributed by atoms with Gasteiger partial charge in [-0.25, -0.2) is 5.01 Å². The molecule has 20 heavy (non-hydrogen) atoms. The van der Waals surface area contributed by atoms with Gasteiger partial charge in [0.25, 0.3) is 0 Å². The lowest BCUT2D eigenvalue weighted by molar-refractivity contribution is 0.00371. The minimum absolute atomic E-state index is 0.0441. The van der Waals surface area contributed by atoms with Gasteiger partial charge in [0.1, 0.15) is 6.04 Å². The zero-order chi connectivity index (χ0) is 14.4. The zero-order valence-electron chi connectivity index (χ0n) is 12.0. The second-order valence-electron chi connectivity index (χ2n) is 5.73. The highest BCUT2D eigenvalue weighted by Gasteiger charge is 2.46. The van der Waals surface area contributed by atoms with Crippen molar-refractivity contribution in [3.63, 3.8) is 0 Å². The van der Waals surface area contributed by atoms with E-state index in [0.29, 0.717) is 17.5 Å². The first-order valence-electron chi connectivity index (χ1n) is 6.81. The molecule has 1 aromatic carbocycles. The van der Waals surface area contributed by atoms with Crippen LogP contribution in [0.2, 0.25) is 0 Å². The number of nitrogens with zero attached hydrogens (tertiary/aromatic N) is 2. The number of carbonyl (C=O) groups excluding carboxylic acids is 2. The number of allylic oxidation sites excluding steroid dienone is 1.